The molecule has 0 aromatic heterocycles. The summed E-state index contributed by atoms with van der Waals surface area (Å²) in [5.74, 6) is 0.785. The van der Waals surface area contributed by atoms with Gasteiger partial charge in [-0.05, 0) is 49.7 Å². The number of anilines is 1. The molecule has 0 aliphatic heterocycles. The van der Waals surface area contributed by atoms with Crippen LogP contribution in [0.5, 0.6) is 0 Å². The maximum atomic E-state index is 3.67. The van der Waals surface area contributed by atoms with Gasteiger partial charge in [-0.25, -0.2) is 0 Å². The summed E-state index contributed by atoms with van der Waals surface area (Å²) in [5.41, 5.74) is 2.96. The average Bonchev–Trinajstić information content (AvgIpc) is 3.31. The summed E-state index contributed by atoms with van der Waals surface area (Å²) in [7, 11) is 0. The molecular weight excluding hydrogens is 244 g/mol. The highest BCUT2D eigenvalue weighted by Gasteiger charge is 2.30. The van der Waals surface area contributed by atoms with E-state index in [-0.39, 0.29) is 0 Å². The van der Waals surface area contributed by atoms with E-state index in [0.717, 1.165) is 24.5 Å². The van der Waals surface area contributed by atoms with E-state index in [1.54, 1.807) is 0 Å². The molecule has 3 rings (SSSR count). The SMILES string of the molecule is CC(C)CCN(c1ccccc1CNC1CC1)C1CC1. The van der Waals surface area contributed by atoms with Crippen molar-refractivity contribution in [1.29, 1.82) is 0 Å². The summed E-state index contributed by atoms with van der Waals surface area (Å²) in [6.07, 6.45) is 6.77. The lowest BCUT2D eigenvalue weighted by atomic mass is 10.1. The average molecular weight is 272 g/mol. The van der Waals surface area contributed by atoms with Crippen LogP contribution in [0.4, 0.5) is 5.69 Å². The predicted molar refractivity (Wildman–Crippen MR) is 86.1 cm³/mol. The first-order chi connectivity index (χ1) is 9.74. The quantitative estimate of drug-likeness (QED) is 0.771. The Bertz CT molecular complexity index is 433. The number of nitrogens with zero attached hydrogens (tertiary/aromatic N) is 1. The largest absolute Gasteiger partial charge is 0.368 e. The zero-order valence-corrected chi connectivity index (χ0v) is 12.9. The van der Waals surface area contributed by atoms with Crippen molar-refractivity contribution in [2.24, 2.45) is 5.92 Å². The first-order valence-corrected chi connectivity index (χ1v) is 8.32. The molecule has 0 radical (unpaired) electrons. The summed E-state index contributed by atoms with van der Waals surface area (Å²) in [6.45, 7) is 6.89. The lowest BCUT2D eigenvalue weighted by Crippen LogP contribution is -2.29. The van der Waals surface area contributed by atoms with Crippen LogP contribution in [0.3, 0.4) is 0 Å². The summed E-state index contributed by atoms with van der Waals surface area (Å²) in [6, 6.07) is 10.6. The molecule has 0 atom stereocenters. The molecule has 0 bridgehead atoms. The third-order valence-corrected chi connectivity index (χ3v) is 4.39. The number of hydrogen-bond acceptors (Lipinski definition) is 2. The molecule has 2 aliphatic rings. The van der Waals surface area contributed by atoms with Crippen LogP contribution in [0.1, 0.15) is 51.5 Å². The van der Waals surface area contributed by atoms with E-state index in [1.165, 1.54) is 49.9 Å². The molecular formula is C18H28N2. The van der Waals surface area contributed by atoms with E-state index in [4.69, 9.17) is 0 Å². The molecule has 0 saturated heterocycles. The maximum Gasteiger partial charge on any atom is 0.0414 e. The molecule has 0 spiro atoms. The first kappa shape index (κ1) is 13.9. The molecule has 0 heterocycles. The number of hydrogen-bond donors (Lipinski definition) is 1. The van der Waals surface area contributed by atoms with Crippen molar-refractivity contribution in [1.82, 2.24) is 5.32 Å². The standard InChI is InChI=1S/C18H28N2/c1-14(2)11-12-20(17-9-10-17)18-6-4-3-5-15(18)13-19-16-7-8-16/h3-6,14,16-17,19H,7-13H2,1-2H3. The highest BCUT2D eigenvalue weighted by atomic mass is 15.2. The Hall–Kier alpha value is -1.02. The molecule has 2 aliphatic carbocycles. The van der Waals surface area contributed by atoms with Crippen molar-refractivity contribution in [3.8, 4) is 0 Å². The summed E-state index contributed by atoms with van der Waals surface area (Å²) < 4.78 is 0. The number of rotatable bonds is 8. The zero-order valence-electron chi connectivity index (χ0n) is 12.9. The number of benzene rings is 1. The lowest BCUT2D eigenvalue weighted by Gasteiger charge is -2.28. The van der Waals surface area contributed by atoms with Crippen molar-refractivity contribution in [2.45, 2.75) is 64.6 Å². The minimum Gasteiger partial charge on any atom is -0.368 e. The van der Waals surface area contributed by atoms with Gasteiger partial charge in [-0.2, -0.15) is 0 Å². The van der Waals surface area contributed by atoms with Gasteiger partial charge in [0, 0.05) is 30.9 Å². The van der Waals surface area contributed by atoms with Crippen LogP contribution >= 0.6 is 0 Å². The minimum atomic E-state index is 0.785. The monoisotopic (exact) mass is 272 g/mol. The summed E-state index contributed by atoms with van der Waals surface area (Å²) >= 11 is 0. The lowest BCUT2D eigenvalue weighted by molar-refractivity contribution is 0.569. The van der Waals surface area contributed by atoms with Crippen molar-refractivity contribution >= 4 is 5.69 Å². The Balaban J connectivity index is 1.70. The maximum absolute atomic E-state index is 3.67. The van der Waals surface area contributed by atoms with Crippen molar-refractivity contribution in [2.75, 3.05) is 11.4 Å². The van der Waals surface area contributed by atoms with Crippen molar-refractivity contribution < 1.29 is 0 Å². The van der Waals surface area contributed by atoms with E-state index in [0.29, 0.717) is 0 Å². The van der Waals surface area contributed by atoms with Crippen LogP contribution in [0.2, 0.25) is 0 Å². The second-order valence-electron chi connectivity index (χ2n) is 6.89. The molecule has 1 N–H and O–H groups in total. The Morgan fingerprint density at radius 2 is 1.90 bits per heavy atom. The Morgan fingerprint density at radius 3 is 2.55 bits per heavy atom. The van der Waals surface area contributed by atoms with Crippen LogP contribution in [-0.2, 0) is 6.54 Å². The fourth-order valence-corrected chi connectivity index (χ4v) is 2.77. The van der Waals surface area contributed by atoms with Crippen LogP contribution in [0, 0.1) is 5.92 Å². The molecule has 1 aromatic carbocycles. The molecule has 0 amide bonds. The fraction of sp³-hybridized carbons (Fsp3) is 0.667. The zero-order chi connectivity index (χ0) is 13.9. The van der Waals surface area contributed by atoms with Crippen LogP contribution < -0.4 is 10.2 Å². The highest BCUT2D eigenvalue weighted by Crippen LogP contribution is 2.34. The van der Waals surface area contributed by atoms with Gasteiger partial charge in [-0.1, -0.05) is 32.0 Å². The van der Waals surface area contributed by atoms with Crippen LogP contribution in [-0.4, -0.2) is 18.6 Å². The molecule has 0 unspecified atom stereocenters. The van der Waals surface area contributed by atoms with E-state index in [1.807, 2.05) is 0 Å². The van der Waals surface area contributed by atoms with Gasteiger partial charge in [-0.3, -0.25) is 0 Å². The van der Waals surface area contributed by atoms with E-state index < -0.39 is 0 Å². The number of para-hydroxylation sites is 1. The molecule has 2 fully saturated rings. The topological polar surface area (TPSA) is 15.3 Å². The van der Waals surface area contributed by atoms with E-state index in [2.05, 4.69) is 48.3 Å². The van der Waals surface area contributed by atoms with Crippen LogP contribution in [0.25, 0.3) is 0 Å². The summed E-state index contributed by atoms with van der Waals surface area (Å²) in [4.78, 5) is 2.67. The highest BCUT2D eigenvalue weighted by molar-refractivity contribution is 5.55. The van der Waals surface area contributed by atoms with Gasteiger partial charge in [-0.15, -0.1) is 0 Å². The van der Waals surface area contributed by atoms with Gasteiger partial charge in [0.05, 0.1) is 0 Å². The first-order valence-electron chi connectivity index (χ1n) is 8.32. The smallest absolute Gasteiger partial charge is 0.0414 e. The second-order valence-corrected chi connectivity index (χ2v) is 6.89. The Labute approximate surface area is 123 Å². The van der Waals surface area contributed by atoms with Gasteiger partial charge in [0.2, 0.25) is 0 Å². The van der Waals surface area contributed by atoms with Crippen molar-refractivity contribution in [3.05, 3.63) is 29.8 Å². The minimum absolute atomic E-state index is 0.785. The molecule has 20 heavy (non-hydrogen) atoms. The third kappa shape index (κ3) is 3.76. The molecule has 2 saturated carbocycles. The van der Waals surface area contributed by atoms with E-state index >= 15 is 0 Å². The van der Waals surface area contributed by atoms with E-state index in [9.17, 15) is 0 Å². The molecule has 110 valence electrons. The third-order valence-electron chi connectivity index (χ3n) is 4.39. The second kappa shape index (κ2) is 6.17. The Morgan fingerprint density at radius 1 is 1.15 bits per heavy atom. The fourth-order valence-electron chi connectivity index (χ4n) is 2.77. The van der Waals surface area contributed by atoms with Gasteiger partial charge < -0.3 is 10.2 Å². The molecule has 1 aromatic rings. The molecule has 2 nitrogen and oxygen atoms in total. The van der Waals surface area contributed by atoms with Gasteiger partial charge in [0.1, 0.15) is 0 Å². The molecule has 2 heteroatoms. The van der Waals surface area contributed by atoms with Crippen LogP contribution in [0.15, 0.2) is 24.3 Å². The summed E-state index contributed by atoms with van der Waals surface area (Å²) in [5, 5.41) is 3.67. The van der Waals surface area contributed by atoms with Gasteiger partial charge >= 0.3 is 0 Å². The predicted octanol–water partition coefficient (Wildman–Crippen LogP) is 3.95. The normalized spacial score (nSPS) is 18.6. The van der Waals surface area contributed by atoms with Gasteiger partial charge in [0.25, 0.3) is 0 Å². The van der Waals surface area contributed by atoms with Crippen molar-refractivity contribution in [3.63, 3.8) is 0 Å². The Kier molecular flexibility index (Phi) is 4.30. The number of nitrogens with one attached hydrogen (secondary N) is 1. The van der Waals surface area contributed by atoms with Gasteiger partial charge in [0.15, 0.2) is 0 Å².